The van der Waals surface area contributed by atoms with Crippen molar-refractivity contribution in [3.63, 3.8) is 0 Å². The van der Waals surface area contributed by atoms with Crippen molar-refractivity contribution >= 4 is 10.4 Å². The minimum atomic E-state index is -4.36. The molecule has 0 amide bonds. The molecule has 1 unspecified atom stereocenters. The van der Waals surface area contributed by atoms with Crippen LogP contribution in [0.4, 0.5) is 0 Å². The summed E-state index contributed by atoms with van der Waals surface area (Å²) in [6.45, 7) is 1.26. The Morgan fingerprint density at radius 2 is 2.10 bits per heavy atom. The minimum Gasteiger partial charge on any atom is -0.396 e. The molecule has 0 bridgehead atoms. The van der Waals surface area contributed by atoms with E-state index in [1.165, 1.54) is 6.92 Å². The average molecular weight is 170 g/mol. The summed E-state index contributed by atoms with van der Waals surface area (Å²) in [4.78, 5) is 0. The zero-order valence-corrected chi connectivity index (χ0v) is 6.34. The number of hydrogen-bond acceptors (Lipinski definition) is 4. The van der Waals surface area contributed by atoms with Crippen LogP contribution >= 0.6 is 0 Å². The predicted molar refractivity (Wildman–Crippen MR) is 33.8 cm³/mol. The minimum absolute atomic E-state index is 0.170. The molecule has 0 aliphatic rings. The van der Waals surface area contributed by atoms with Gasteiger partial charge in [0.05, 0.1) is 6.10 Å². The molecule has 1 atom stereocenters. The van der Waals surface area contributed by atoms with E-state index in [1.54, 1.807) is 0 Å². The van der Waals surface area contributed by atoms with E-state index >= 15 is 0 Å². The van der Waals surface area contributed by atoms with Crippen molar-refractivity contribution < 1.29 is 22.3 Å². The Balaban J connectivity index is 3.69. The topological polar surface area (TPSA) is 83.8 Å². The summed E-state index contributed by atoms with van der Waals surface area (Å²) in [6.07, 6.45) is -0.500. The van der Waals surface area contributed by atoms with E-state index in [9.17, 15) is 8.42 Å². The zero-order valence-electron chi connectivity index (χ0n) is 5.52. The second-order valence-corrected chi connectivity index (χ2v) is 2.89. The first-order chi connectivity index (χ1) is 4.45. The van der Waals surface area contributed by atoms with E-state index in [1.807, 2.05) is 0 Å². The summed E-state index contributed by atoms with van der Waals surface area (Å²) in [7, 11) is -4.36. The second kappa shape index (κ2) is 3.87. The van der Waals surface area contributed by atoms with Gasteiger partial charge in [-0.1, -0.05) is 0 Å². The van der Waals surface area contributed by atoms with E-state index in [0.717, 1.165) is 0 Å². The van der Waals surface area contributed by atoms with Gasteiger partial charge in [0.25, 0.3) is 0 Å². The summed E-state index contributed by atoms with van der Waals surface area (Å²) >= 11 is 0. The molecule has 0 aromatic rings. The van der Waals surface area contributed by atoms with Gasteiger partial charge in [-0.15, -0.1) is 0 Å². The van der Waals surface area contributed by atoms with Gasteiger partial charge in [-0.25, -0.2) is 4.18 Å². The molecule has 0 aromatic heterocycles. The van der Waals surface area contributed by atoms with Gasteiger partial charge in [0.1, 0.15) is 0 Å². The first-order valence-corrected chi connectivity index (χ1v) is 4.09. The van der Waals surface area contributed by atoms with Gasteiger partial charge < -0.3 is 5.11 Å². The molecule has 0 aliphatic carbocycles. The van der Waals surface area contributed by atoms with Gasteiger partial charge in [0.2, 0.25) is 0 Å². The maximum Gasteiger partial charge on any atom is 0.397 e. The molecular formula is C4H10O5S. The van der Waals surface area contributed by atoms with Crippen LogP contribution in [0, 0.1) is 0 Å². The third-order valence-electron chi connectivity index (χ3n) is 0.821. The second-order valence-electron chi connectivity index (χ2n) is 1.85. The highest BCUT2D eigenvalue weighted by Crippen LogP contribution is 1.99. The molecule has 6 heteroatoms. The van der Waals surface area contributed by atoms with E-state index in [2.05, 4.69) is 4.18 Å². The predicted octanol–water partition coefficient (Wildman–Crippen LogP) is -0.423. The van der Waals surface area contributed by atoms with E-state index in [-0.39, 0.29) is 13.0 Å². The number of aliphatic hydroxyl groups is 1. The van der Waals surface area contributed by atoms with Crippen molar-refractivity contribution in [2.45, 2.75) is 19.4 Å². The van der Waals surface area contributed by atoms with Gasteiger partial charge in [0, 0.05) is 6.61 Å². The molecular weight excluding hydrogens is 160 g/mol. The zero-order chi connectivity index (χ0) is 8.20. The van der Waals surface area contributed by atoms with Crippen LogP contribution in [-0.2, 0) is 14.6 Å². The highest BCUT2D eigenvalue weighted by atomic mass is 32.3. The largest absolute Gasteiger partial charge is 0.397 e. The number of rotatable bonds is 4. The molecule has 5 nitrogen and oxygen atoms in total. The molecule has 62 valence electrons. The lowest BCUT2D eigenvalue weighted by molar-refractivity contribution is 0.157. The van der Waals surface area contributed by atoms with Crippen LogP contribution in [0.15, 0.2) is 0 Å². The molecule has 0 fully saturated rings. The van der Waals surface area contributed by atoms with Gasteiger partial charge in [0.15, 0.2) is 0 Å². The molecule has 0 aliphatic heterocycles. The van der Waals surface area contributed by atoms with Crippen molar-refractivity contribution in [3.05, 3.63) is 0 Å². The molecule has 2 N–H and O–H groups in total. The molecule has 10 heavy (non-hydrogen) atoms. The monoisotopic (exact) mass is 170 g/mol. The van der Waals surface area contributed by atoms with Crippen molar-refractivity contribution in [3.8, 4) is 0 Å². The Morgan fingerprint density at radius 3 is 2.40 bits per heavy atom. The summed E-state index contributed by atoms with van der Waals surface area (Å²) in [5.74, 6) is 0. The van der Waals surface area contributed by atoms with Crippen molar-refractivity contribution in [1.29, 1.82) is 0 Å². The van der Waals surface area contributed by atoms with Crippen LogP contribution in [0.2, 0.25) is 0 Å². The van der Waals surface area contributed by atoms with Crippen LogP contribution < -0.4 is 0 Å². The molecule has 0 spiro atoms. The molecule has 0 rings (SSSR count). The lowest BCUT2D eigenvalue weighted by Gasteiger charge is -2.06. The third-order valence-corrected chi connectivity index (χ3v) is 1.39. The van der Waals surface area contributed by atoms with Gasteiger partial charge in [-0.3, -0.25) is 4.55 Å². The van der Waals surface area contributed by atoms with Crippen LogP contribution in [0.25, 0.3) is 0 Å². The van der Waals surface area contributed by atoms with Gasteiger partial charge >= 0.3 is 10.4 Å². The Hall–Kier alpha value is -0.170. The molecule has 0 saturated carbocycles. The Morgan fingerprint density at radius 1 is 1.60 bits per heavy atom. The van der Waals surface area contributed by atoms with Crippen LogP contribution in [0.1, 0.15) is 13.3 Å². The van der Waals surface area contributed by atoms with Crippen LogP contribution in [0.5, 0.6) is 0 Å². The molecule has 0 radical (unpaired) electrons. The fraction of sp³-hybridized carbons (Fsp3) is 1.00. The Kier molecular flexibility index (Phi) is 3.80. The molecule has 0 heterocycles. The fourth-order valence-corrected chi connectivity index (χ4v) is 0.949. The highest BCUT2D eigenvalue weighted by molar-refractivity contribution is 7.80. The van der Waals surface area contributed by atoms with Crippen LogP contribution in [-0.4, -0.2) is 30.8 Å². The average Bonchev–Trinajstić information content (AvgIpc) is 1.59. The third kappa shape index (κ3) is 5.96. The lowest BCUT2D eigenvalue weighted by Crippen LogP contribution is -2.15. The first kappa shape index (κ1) is 9.83. The van der Waals surface area contributed by atoms with Crippen molar-refractivity contribution in [1.82, 2.24) is 0 Å². The normalized spacial score (nSPS) is 15.1. The van der Waals surface area contributed by atoms with Gasteiger partial charge in [-0.05, 0) is 13.3 Å². The smallest absolute Gasteiger partial charge is 0.396 e. The van der Waals surface area contributed by atoms with E-state index in [0.29, 0.717) is 0 Å². The first-order valence-electron chi connectivity index (χ1n) is 2.72. The number of hydrogen-bond donors (Lipinski definition) is 2. The summed E-state index contributed by atoms with van der Waals surface area (Å²) in [6, 6.07) is 0. The Labute approximate surface area is 59.6 Å². The molecule has 0 aromatic carbocycles. The lowest BCUT2D eigenvalue weighted by atomic mass is 10.3. The maximum atomic E-state index is 9.97. The SMILES string of the molecule is CC(CCO)OS(=O)(=O)O. The highest BCUT2D eigenvalue weighted by Gasteiger charge is 2.10. The summed E-state index contributed by atoms with van der Waals surface area (Å²) in [5, 5.41) is 8.28. The van der Waals surface area contributed by atoms with Crippen LogP contribution in [0.3, 0.4) is 0 Å². The summed E-state index contributed by atoms with van der Waals surface area (Å²) in [5.41, 5.74) is 0. The van der Waals surface area contributed by atoms with Crippen molar-refractivity contribution in [2.75, 3.05) is 6.61 Å². The molecule has 0 saturated heterocycles. The van der Waals surface area contributed by atoms with E-state index < -0.39 is 16.5 Å². The fourth-order valence-electron chi connectivity index (χ4n) is 0.438. The Bertz CT molecular complexity index is 172. The van der Waals surface area contributed by atoms with Gasteiger partial charge in [-0.2, -0.15) is 8.42 Å². The van der Waals surface area contributed by atoms with E-state index in [4.69, 9.17) is 9.66 Å². The van der Waals surface area contributed by atoms with Crippen molar-refractivity contribution in [2.24, 2.45) is 0 Å². The number of aliphatic hydroxyl groups excluding tert-OH is 1. The quantitative estimate of drug-likeness (QED) is 0.559. The summed E-state index contributed by atoms with van der Waals surface area (Å²) < 4.78 is 32.1. The maximum absolute atomic E-state index is 9.97. The standard InChI is InChI=1S/C4H10O5S/c1-4(2-3-5)9-10(6,7)8/h4-5H,2-3H2,1H3,(H,6,7,8).